The van der Waals surface area contributed by atoms with E-state index in [1.54, 1.807) is 0 Å². The third-order valence-electron chi connectivity index (χ3n) is 4.72. The predicted molar refractivity (Wildman–Crippen MR) is 88.1 cm³/mol. The molecule has 0 aliphatic heterocycles. The Labute approximate surface area is 131 Å². The number of carbonyl (C=O) groups excluding carboxylic acids is 1. The van der Waals surface area contributed by atoms with Gasteiger partial charge in [0.1, 0.15) is 6.29 Å². The summed E-state index contributed by atoms with van der Waals surface area (Å²) in [5.41, 5.74) is 11.0. The number of carbonyl (C=O) groups is 1. The van der Waals surface area contributed by atoms with Crippen LogP contribution in [-0.2, 0) is 4.79 Å². The summed E-state index contributed by atoms with van der Waals surface area (Å²) in [6.07, 6.45) is 4.98. The van der Waals surface area contributed by atoms with Crippen LogP contribution in [0.2, 0.25) is 0 Å². The Balaban J connectivity index is 2.29. The van der Waals surface area contributed by atoms with Crippen LogP contribution in [0.25, 0.3) is 10.4 Å². The lowest BCUT2D eigenvalue weighted by atomic mass is 9.70. The van der Waals surface area contributed by atoms with Gasteiger partial charge in [-0.2, -0.15) is 0 Å². The van der Waals surface area contributed by atoms with Gasteiger partial charge in [0, 0.05) is 10.8 Å². The van der Waals surface area contributed by atoms with Gasteiger partial charge in [0.05, 0.1) is 6.04 Å². The van der Waals surface area contributed by atoms with Crippen molar-refractivity contribution in [3.05, 3.63) is 58.5 Å². The lowest BCUT2D eigenvalue weighted by molar-refractivity contribution is -0.113. The molecule has 0 amide bonds. The first-order valence-corrected chi connectivity index (χ1v) is 7.90. The van der Waals surface area contributed by atoms with Gasteiger partial charge in [0.15, 0.2) is 0 Å². The molecular weight excluding hydrogens is 274 g/mol. The van der Waals surface area contributed by atoms with Gasteiger partial charge in [-0.1, -0.05) is 60.9 Å². The molecule has 0 bridgehead atoms. The van der Waals surface area contributed by atoms with E-state index in [9.17, 15) is 4.79 Å². The second kappa shape index (κ2) is 7.81. The second-order valence-electron chi connectivity index (χ2n) is 6.20. The normalized spacial score (nSPS) is 24.1. The molecule has 4 heteroatoms. The van der Waals surface area contributed by atoms with Crippen LogP contribution in [0.3, 0.4) is 0 Å². The Kier molecular flexibility index (Phi) is 5.79. The van der Waals surface area contributed by atoms with Crippen molar-refractivity contribution in [3.63, 3.8) is 0 Å². The number of nitrogens with zero attached hydrogens (tertiary/aromatic N) is 3. The van der Waals surface area contributed by atoms with Gasteiger partial charge in [0.25, 0.3) is 0 Å². The van der Waals surface area contributed by atoms with Gasteiger partial charge >= 0.3 is 0 Å². The minimum Gasteiger partial charge on any atom is -0.303 e. The van der Waals surface area contributed by atoms with Crippen LogP contribution in [-0.4, -0.2) is 6.29 Å². The SMILES string of the molecule is C=C1CC(CC)CC([C@H](C=O)[C@H](N=[N+]=[N-])c2ccccc2)C1. The van der Waals surface area contributed by atoms with Crippen LogP contribution < -0.4 is 0 Å². The van der Waals surface area contributed by atoms with Gasteiger partial charge in [-0.15, -0.1) is 0 Å². The molecule has 1 aliphatic rings. The summed E-state index contributed by atoms with van der Waals surface area (Å²) >= 11 is 0. The van der Waals surface area contributed by atoms with Crippen molar-refractivity contribution in [2.75, 3.05) is 0 Å². The largest absolute Gasteiger partial charge is 0.303 e. The molecule has 4 atom stereocenters. The topological polar surface area (TPSA) is 65.8 Å². The molecule has 2 rings (SSSR count). The first kappa shape index (κ1) is 16.3. The summed E-state index contributed by atoms with van der Waals surface area (Å²) in [7, 11) is 0. The van der Waals surface area contributed by atoms with Crippen molar-refractivity contribution in [3.8, 4) is 0 Å². The van der Waals surface area contributed by atoms with Gasteiger partial charge < -0.3 is 4.79 Å². The first-order chi connectivity index (χ1) is 10.7. The molecule has 2 unspecified atom stereocenters. The summed E-state index contributed by atoms with van der Waals surface area (Å²) in [5.74, 6) is 0.500. The number of rotatable bonds is 6. The van der Waals surface area contributed by atoms with E-state index in [-0.39, 0.29) is 11.8 Å². The lowest BCUT2D eigenvalue weighted by Crippen LogP contribution is -2.28. The Morgan fingerprint density at radius 3 is 2.73 bits per heavy atom. The van der Waals surface area contributed by atoms with Crippen molar-refractivity contribution in [2.24, 2.45) is 22.9 Å². The van der Waals surface area contributed by atoms with E-state index in [1.807, 2.05) is 30.3 Å². The molecular formula is C18H23N3O. The zero-order valence-electron chi connectivity index (χ0n) is 13.1. The highest BCUT2D eigenvalue weighted by Crippen LogP contribution is 2.42. The number of hydrogen-bond donors (Lipinski definition) is 0. The summed E-state index contributed by atoms with van der Waals surface area (Å²) in [6, 6.07) is 9.15. The van der Waals surface area contributed by atoms with Crippen molar-refractivity contribution in [1.82, 2.24) is 0 Å². The number of benzene rings is 1. The van der Waals surface area contributed by atoms with Crippen LogP contribution in [0, 0.1) is 17.8 Å². The molecule has 1 aromatic carbocycles. The summed E-state index contributed by atoms with van der Waals surface area (Å²) in [4.78, 5) is 14.8. The maximum Gasteiger partial charge on any atom is 0.124 e. The number of hydrogen-bond acceptors (Lipinski definition) is 2. The quantitative estimate of drug-likeness (QED) is 0.233. The van der Waals surface area contributed by atoms with Crippen LogP contribution in [0.15, 0.2) is 47.6 Å². The Morgan fingerprint density at radius 2 is 2.14 bits per heavy atom. The number of aldehydes is 1. The molecule has 22 heavy (non-hydrogen) atoms. The van der Waals surface area contributed by atoms with Crippen molar-refractivity contribution >= 4 is 6.29 Å². The molecule has 1 saturated carbocycles. The zero-order chi connectivity index (χ0) is 15.9. The minimum absolute atomic E-state index is 0.208. The molecule has 0 heterocycles. The van der Waals surface area contributed by atoms with Gasteiger partial charge in [0.2, 0.25) is 0 Å². The van der Waals surface area contributed by atoms with Gasteiger partial charge in [-0.05, 0) is 42.2 Å². The van der Waals surface area contributed by atoms with E-state index in [2.05, 4.69) is 23.5 Å². The number of azide groups is 1. The average Bonchev–Trinajstić information content (AvgIpc) is 2.55. The summed E-state index contributed by atoms with van der Waals surface area (Å²) < 4.78 is 0. The molecule has 0 N–H and O–H groups in total. The van der Waals surface area contributed by atoms with E-state index >= 15 is 0 Å². The third kappa shape index (κ3) is 3.77. The van der Waals surface area contributed by atoms with Crippen molar-refractivity contribution < 1.29 is 4.79 Å². The number of allylic oxidation sites excluding steroid dienone is 1. The molecule has 0 radical (unpaired) electrons. The lowest BCUT2D eigenvalue weighted by Gasteiger charge is -2.35. The first-order valence-electron chi connectivity index (χ1n) is 7.90. The fourth-order valence-electron chi connectivity index (χ4n) is 3.58. The van der Waals surface area contributed by atoms with E-state index < -0.39 is 6.04 Å². The minimum atomic E-state index is -0.433. The zero-order valence-corrected chi connectivity index (χ0v) is 13.1. The molecule has 1 fully saturated rings. The molecule has 4 nitrogen and oxygen atoms in total. The van der Waals surface area contributed by atoms with E-state index in [0.717, 1.165) is 37.5 Å². The van der Waals surface area contributed by atoms with Crippen molar-refractivity contribution in [1.29, 1.82) is 0 Å². The third-order valence-corrected chi connectivity index (χ3v) is 4.72. The summed E-state index contributed by atoms with van der Waals surface area (Å²) in [6.45, 7) is 6.32. The smallest absolute Gasteiger partial charge is 0.124 e. The molecule has 0 spiro atoms. The predicted octanol–water partition coefficient (Wildman–Crippen LogP) is 5.24. The highest BCUT2D eigenvalue weighted by molar-refractivity contribution is 5.56. The van der Waals surface area contributed by atoms with Crippen LogP contribution in [0.5, 0.6) is 0 Å². The van der Waals surface area contributed by atoms with Crippen LogP contribution >= 0.6 is 0 Å². The fourth-order valence-corrected chi connectivity index (χ4v) is 3.58. The maximum atomic E-state index is 11.8. The standard InChI is InChI=1S/C18H23N3O/c1-3-14-9-13(2)10-16(11-14)17(12-22)18(20-21-19)15-7-5-4-6-8-15/h4-8,12,14,16-18H,2-3,9-11H2,1H3/t14?,16?,17-,18+/m0/s1. The molecule has 1 aromatic rings. The second-order valence-corrected chi connectivity index (χ2v) is 6.20. The Morgan fingerprint density at radius 1 is 1.41 bits per heavy atom. The van der Waals surface area contributed by atoms with E-state index in [1.165, 1.54) is 5.57 Å². The Hall–Kier alpha value is -2.06. The molecule has 0 saturated heterocycles. The highest BCUT2D eigenvalue weighted by Gasteiger charge is 2.34. The van der Waals surface area contributed by atoms with Gasteiger partial charge in [-0.3, -0.25) is 0 Å². The fraction of sp³-hybridized carbons (Fsp3) is 0.500. The van der Waals surface area contributed by atoms with Crippen LogP contribution in [0.1, 0.15) is 44.2 Å². The van der Waals surface area contributed by atoms with Gasteiger partial charge in [-0.25, -0.2) is 0 Å². The van der Waals surface area contributed by atoms with E-state index in [4.69, 9.17) is 5.53 Å². The Bertz CT molecular complexity index is 563. The summed E-state index contributed by atoms with van der Waals surface area (Å²) in [5, 5.41) is 3.94. The van der Waals surface area contributed by atoms with Crippen molar-refractivity contribution in [2.45, 2.75) is 38.6 Å². The highest BCUT2D eigenvalue weighted by atomic mass is 16.1. The monoisotopic (exact) mass is 297 g/mol. The average molecular weight is 297 g/mol. The maximum absolute atomic E-state index is 11.8. The molecule has 1 aliphatic carbocycles. The molecule has 116 valence electrons. The molecule has 0 aromatic heterocycles. The van der Waals surface area contributed by atoms with Crippen LogP contribution in [0.4, 0.5) is 0 Å². The van der Waals surface area contributed by atoms with E-state index in [0.29, 0.717) is 5.92 Å².